The molecule has 0 fully saturated rings. The predicted octanol–water partition coefficient (Wildman–Crippen LogP) is 4.70. The molecule has 2 aromatic carbocycles. The van der Waals surface area contributed by atoms with E-state index in [0.29, 0.717) is 16.0 Å². The van der Waals surface area contributed by atoms with Crippen LogP contribution in [0.15, 0.2) is 51.4 Å². The van der Waals surface area contributed by atoms with Gasteiger partial charge < -0.3 is 9.84 Å². The molecule has 0 bridgehead atoms. The molecule has 0 saturated carbocycles. The molecule has 0 aliphatic carbocycles. The summed E-state index contributed by atoms with van der Waals surface area (Å²) in [6.07, 6.45) is 0. The van der Waals surface area contributed by atoms with E-state index in [2.05, 4.69) is 31.9 Å². The Morgan fingerprint density at radius 3 is 2.17 bits per heavy atom. The lowest BCUT2D eigenvalue weighted by Gasteiger charge is -2.07. The molecule has 1 N–H and O–H groups in total. The minimum absolute atomic E-state index is 0.207. The molecule has 0 aliphatic rings. The lowest BCUT2D eigenvalue weighted by molar-refractivity contribution is 0.0696. The third-order valence-corrected chi connectivity index (χ3v) is 3.41. The van der Waals surface area contributed by atoms with Gasteiger partial charge in [0.25, 0.3) is 0 Å². The van der Waals surface area contributed by atoms with Crippen LogP contribution in [0.4, 0.5) is 0 Å². The lowest BCUT2D eigenvalue weighted by Crippen LogP contribution is -1.97. The van der Waals surface area contributed by atoms with Crippen LogP contribution in [0.2, 0.25) is 0 Å². The number of rotatable bonds is 3. The van der Waals surface area contributed by atoms with Crippen molar-refractivity contribution in [2.24, 2.45) is 0 Å². The Hall–Kier alpha value is -1.33. The first-order chi connectivity index (χ1) is 8.56. The summed E-state index contributed by atoms with van der Waals surface area (Å²) in [5.41, 5.74) is 0.207. The fourth-order valence-corrected chi connectivity index (χ4v) is 2.16. The van der Waals surface area contributed by atoms with Crippen molar-refractivity contribution in [3.63, 3.8) is 0 Å². The first-order valence-electron chi connectivity index (χ1n) is 5.02. The molecule has 2 rings (SSSR count). The molecule has 0 unspecified atom stereocenters. The van der Waals surface area contributed by atoms with Gasteiger partial charge >= 0.3 is 5.97 Å². The fraction of sp³-hybridized carbons (Fsp3) is 0. The molecule has 5 heteroatoms. The van der Waals surface area contributed by atoms with Gasteiger partial charge in [0, 0.05) is 8.95 Å². The highest BCUT2D eigenvalue weighted by Gasteiger charge is 2.09. The van der Waals surface area contributed by atoms with E-state index < -0.39 is 5.97 Å². The summed E-state index contributed by atoms with van der Waals surface area (Å²) in [7, 11) is 0. The number of hydrogen-bond acceptors (Lipinski definition) is 2. The van der Waals surface area contributed by atoms with Crippen LogP contribution >= 0.6 is 31.9 Å². The van der Waals surface area contributed by atoms with E-state index in [1.165, 1.54) is 6.07 Å². The Morgan fingerprint density at radius 1 is 1.00 bits per heavy atom. The summed E-state index contributed by atoms with van der Waals surface area (Å²) in [5, 5.41) is 8.90. The number of carbonyl (C=O) groups is 1. The lowest BCUT2D eigenvalue weighted by atomic mass is 10.2. The van der Waals surface area contributed by atoms with Gasteiger partial charge in [0.2, 0.25) is 0 Å². The Labute approximate surface area is 121 Å². The fourth-order valence-electron chi connectivity index (χ4n) is 1.37. The third kappa shape index (κ3) is 3.11. The number of aromatic carboxylic acids is 1. The van der Waals surface area contributed by atoms with E-state index in [1.54, 1.807) is 12.1 Å². The maximum absolute atomic E-state index is 10.9. The molecule has 0 spiro atoms. The van der Waals surface area contributed by atoms with Crippen molar-refractivity contribution in [2.45, 2.75) is 0 Å². The van der Waals surface area contributed by atoms with Gasteiger partial charge in [-0.15, -0.1) is 0 Å². The quantitative estimate of drug-likeness (QED) is 0.850. The molecule has 0 atom stereocenters. The number of halogens is 2. The van der Waals surface area contributed by atoms with Crippen LogP contribution in [0.25, 0.3) is 0 Å². The molecular weight excluding hydrogens is 364 g/mol. The third-order valence-electron chi connectivity index (χ3n) is 2.22. The van der Waals surface area contributed by atoms with Gasteiger partial charge in [0.05, 0.1) is 5.56 Å². The molecule has 0 heterocycles. The molecule has 0 saturated heterocycles. The van der Waals surface area contributed by atoms with Gasteiger partial charge in [-0.05, 0) is 58.4 Å². The summed E-state index contributed by atoms with van der Waals surface area (Å²) >= 11 is 6.54. The Morgan fingerprint density at radius 2 is 1.61 bits per heavy atom. The number of benzene rings is 2. The monoisotopic (exact) mass is 370 g/mol. The molecule has 2 aromatic rings. The van der Waals surface area contributed by atoms with E-state index in [0.717, 1.165) is 4.47 Å². The summed E-state index contributed by atoms with van der Waals surface area (Å²) in [4.78, 5) is 10.9. The summed E-state index contributed by atoms with van der Waals surface area (Å²) in [5.74, 6) is 0.291. The maximum Gasteiger partial charge on any atom is 0.336 e. The molecule has 0 aromatic heterocycles. The first-order valence-corrected chi connectivity index (χ1v) is 6.61. The first kappa shape index (κ1) is 13.1. The minimum Gasteiger partial charge on any atom is -0.478 e. The Balaban J connectivity index is 2.22. The molecule has 92 valence electrons. The van der Waals surface area contributed by atoms with E-state index in [-0.39, 0.29) is 5.56 Å². The van der Waals surface area contributed by atoms with E-state index >= 15 is 0 Å². The largest absolute Gasteiger partial charge is 0.478 e. The Kier molecular flexibility index (Phi) is 4.04. The second-order valence-electron chi connectivity index (χ2n) is 3.50. The van der Waals surface area contributed by atoms with Crippen LogP contribution in [0.1, 0.15) is 10.4 Å². The highest BCUT2D eigenvalue weighted by atomic mass is 79.9. The highest BCUT2D eigenvalue weighted by molar-refractivity contribution is 9.10. The van der Waals surface area contributed by atoms with Gasteiger partial charge in [0.1, 0.15) is 11.5 Å². The number of carboxylic acids is 1. The zero-order valence-electron chi connectivity index (χ0n) is 9.06. The van der Waals surface area contributed by atoms with Crippen LogP contribution in [0, 0.1) is 0 Å². The van der Waals surface area contributed by atoms with Crippen LogP contribution in [0.5, 0.6) is 11.5 Å². The van der Waals surface area contributed by atoms with E-state index in [9.17, 15) is 4.79 Å². The van der Waals surface area contributed by atoms with Crippen LogP contribution in [-0.4, -0.2) is 11.1 Å². The van der Waals surface area contributed by atoms with Crippen LogP contribution in [-0.2, 0) is 0 Å². The topological polar surface area (TPSA) is 46.5 Å². The highest BCUT2D eigenvalue weighted by Crippen LogP contribution is 2.27. The summed E-state index contributed by atoms with van der Waals surface area (Å²) < 4.78 is 7.07. The molecule has 0 radical (unpaired) electrons. The van der Waals surface area contributed by atoms with Crippen molar-refractivity contribution in [3.05, 3.63) is 57.0 Å². The normalized spacial score (nSPS) is 10.1. The van der Waals surface area contributed by atoms with Gasteiger partial charge in [-0.1, -0.05) is 15.9 Å². The van der Waals surface area contributed by atoms with Crippen molar-refractivity contribution < 1.29 is 14.6 Å². The second-order valence-corrected chi connectivity index (χ2v) is 5.27. The smallest absolute Gasteiger partial charge is 0.336 e. The van der Waals surface area contributed by atoms with Crippen molar-refractivity contribution in [1.29, 1.82) is 0 Å². The zero-order chi connectivity index (χ0) is 13.1. The van der Waals surface area contributed by atoms with E-state index in [4.69, 9.17) is 9.84 Å². The average molecular weight is 372 g/mol. The van der Waals surface area contributed by atoms with Crippen molar-refractivity contribution >= 4 is 37.8 Å². The van der Waals surface area contributed by atoms with Crippen molar-refractivity contribution in [3.8, 4) is 11.5 Å². The molecule has 0 amide bonds. The van der Waals surface area contributed by atoms with Crippen molar-refractivity contribution in [2.75, 3.05) is 0 Å². The molecule has 18 heavy (non-hydrogen) atoms. The Bertz CT molecular complexity index is 579. The number of ether oxygens (including phenoxy) is 1. The SMILES string of the molecule is O=C(O)c1ccc(Oc2ccc(Br)cc2)cc1Br. The number of hydrogen-bond donors (Lipinski definition) is 1. The number of carboxylic acid groups (broad SMARTS) is 1. The maximum atomic E-state index is 10.9. The molecular formula is C13H8Br2O3. The molecule has 3 nitrogen and oxygen atoms in total. The summed E-state index contributed by atoms with van der Waals surface area (Å²) in [6.45, 7) is 0. The van der Waals surface area contributed by atoms with Gasteiger partial charge in [-0.25, -0.2) is 4.79 Å². The van der Waals surface area contributed by atoms with Crippen LogP contribution in [0.3, 0.4) is 0 Å². The standard InChI is InChI=1S/C13H8Br2O3/c14-8-1-3-9(4-2-8)18-10-5-6-11(13(16)17)12(15)7-10/h1-7H,(H,16,17). The average Bonchev–Trinajstić information content (AvgIpc) is 2.32. The zero-order valence-corrected chi connectivity index (χ0v) is 12.2. The second kappa shape index (κ2) is 5.54. The van der Waals surface area contributed by atoms with Gasteiger partial charge in [-0.2, -0.15) is 0 Å². The summed E-state index contributed by atoms with van der Waals surface area (Å²) in [6, 6.07) is 12.1. The van der Waals surface area contributed by atoms with Gasteiger partial charge in [0.15, 0.2) is 0 Å². The predicted molar refractivity (Wildman–Crippen MR) is 75.3 cm³/mol. The van der Waals surface area contributed by atoms with E-state index in [1.807, 2.05) is 24.3 Å². The molecule has 0 aliphatic heterocycles. The minimum atomic E-state index is -0.975. The van der Waals surface area contributed by atoms with Gasteiger partial charge in [-0.3, -0.25) is 0 Å². The van der Waals surface area contributed by atoms with Crippen molar-refractivity contribution in [1.82, 2.24) is 0 Å². The van der Waals surface area contributed by atoms with Crippen LogP contribution < -0.4 is 4.74 Å².